The fourth-order valence-corrected chi connectivity index (χ4v) is 2.75. The lowest BCUT2D eigenvalue weighted by Gasteiger charge is -2.01. The molecule has 0 saturated heterocycles. The quantitative estimate of drug-likeness (QED) is 0.462. The molecule has 2 nitrogen and oxygen atoms in total. The standard InChI is InChI=1S/C15H19FO2S/c1-6-18-15(17)14(16)9(2)7-8-13-10(3)11(4)19-12(13)5/h7-8H,6H2,1-5H3/b8-7+,14-9+. The summed E-state index contributed by atoms with van der Waals surface area (Å²) in [4.78, 5) is 13.7. The molecule has 1 aromatic heterocycles. The van der Waals surface area contributed by atoms with Crippen molar-refractivity contribution in [3.05, 3.63) is 38.4 Å². The topological polar surface area (TPSA) is 26.3 Å². The molecule has 0 aromatic carbocycles. The minimum absolute atomic E-state index is 0.172. The summed E-state index contributed by atoms with van der Waals surface area (Å²) < 4.78 is 18.3. The zero-order valence-corrected chi connectivity index (χ0v) is 12.8. The van der Waals surface area contributed by atoms with Gasteiger partial charge in [-0.15, -0.1) is 11.3 Å². The average Bonchev–Trinajstić information content (AvgIpc) is 2.60. The van der Waals surface area contributed by atoms with Gasteiger partial charge in [-0.2, -0.15) is 4.39 Å². The molecule has 0 spiro atoms. The summed E-state index contributed by atoms with van der Waals surface area (Å²) >= 11 is 1.72. The van der Waals surface area contributed by atoms with E-state index >= 15 is 0 Å². The van der Waals surface area contributed by atoms with E-state index in [2.05, 4.69) is 11.7 Å². The maximum absolute atomic E-state index is 13.6. The fraction of sp³-hybridized carbons (Fsp3) is 0.400. The minimum atomic E-state index is -0.903. The number of esters is 1. The summed E-state index contributed by atoms with van der Waals surface area (Å²) in [5, 5.41) is 0. The molecule has 1 heterocycles. The minimum Gasteiger partial charge on any atom is -0.461 e. The Labute approximate surface area is 117 Å². The van der Waals surface area contributed by atoms with Gasteiger partial charge in [0.25, 0.3) is 0 Å². The van der Waals surface area contributed by atoms with Crippen molar-refractivity contribution in [1.82, 2.24) is 0 Å². The molecule has 0 aliphatic heterocycles. The molecule has 0 fully saturated rings. The number of carbonyl (C=O) groups is 1. The van der Waals surface area contributed by atoms with Crippen molar-refractivity contribution in [2.45, 2.75) is 34.6 Å². The lowest BCUT2D eigenvalue weighted by Crippen LogP contribution is -2.05. The van der Waals surface area contributed by atoms with Crippen molar-refractivity contribution in [3.8, 4) is 0 Å². The summed E-state index contributed by atoms with van der Waals surface area (Å²) in [6.07, 6.45) is 3.47. The number of hydrogen-bond donors (Lipinski definition) is 0. The second-order valence-electron chi connectivity index (χ2n) is 4.30. The van der Waals surface area contributed by atoms with Crippen molar-refractivity contribution in [2.24, 2.45) is 0 Å². The number of hydrogen-bond acceptors (Lipinski definition) is 3. The van der Waals surface area contributed by atoms with Gasteiger partial charge in [0.2, 0.25) is 5.83 Å². The maximum atomic E-state index is 13.6. The Morgan fingerprint density at radius 2 is 1.95 bits per heavy atom. The Kier molecular flexibility index (Phi) is 5.48. The van der Waals surface area contributed by atoms with Gasteiger partial charge in [-0.05, 0) is 51.3 Å². The Morgan fingerprint density at radius 3 is 2.42 bits per heavy atom. The van der Waals surface area contributed by atoms with Crippen LogP contribution in [0.15, 0.2) is 17.5 Å². The zero-order chi connectivity index (χ0) is 14.6. The first-order valence-electron chi connectivity index (χ1n) is 6.16. The highest BCUT2D eigenvalue weighted by Crippen LogP contribution is 2.28. The monoisotopic (exact) mass is 282 g/mol. The predicted molar refractivity (Wildman–Crippen MR) is 78.0 cm³/mol. The van der Waals surface area contributed by atoms with Gasteiger partial charge in [-0.25, -0.2) is 4.79 Å². The van der Waals surface area contributed by atoms with Crippen LogP contribution < -0.4 is 0 Å². The Balaban J connectivity index is 2.98. The molecule has 0 aliphatic carbocycles. The van der Waals surface area contributed by atoms with Crippen LogP contribution in [0.3, 0.4) is 0 Å². The molecule has 19 heavy (non-hydrogen) atoms. The smallest absolute Gasteiger partial charge is 0.367 e. The van der Waals surface area contributed by atoms with Crippen LogP contribution in [-0.2, 0) is 9.53 Å². The van der Waals surface area contributed by atoms with Crippen LogP contribution in [0.25, 0.3) is 6.08 Å². The van der Waals surface area contributed by atoms with E-state index in [1.165, 1.54) is 15.3 Å². The normalized spacial score (nSPS) is 12.7. The van der Waals surface area contributed by atoms with Crippen LogP contribution in [0.5, 0.6) is 0 Å². The van der Waals surface area contributed by atoms with Crippen LogP contribution >= 0.6 is 11.3 Å². The highest BCUT2D eigenvalue weighted by Gasteiger charge is 2.12. The molecule has 0 unspecified atom stereocenters. The van der Waals surface area contributed by atoms with E-state index in [1.807, 2.05) is 19.9 Å². The van der Waals surface area contributed by atoms with E-state index in [9.17, 15) is 9.18 Å². The lowest BCUT2D eigenvalue weighted by molar-refractivity contribution is -0.140. The highest BCUT2D eigenvalue weighted by molar-refractivity contribution is 7.12. The molecule has 104 valence electrons. The first-order chi connectivity index (χ1) is 8.88. The molecular formula is C15H19FO2S. The third-order valence-electron chi connectivity index (χ3n) is 2.92. The summed E-state index contributed by atoms with van der Waals surface area (Å²) in [5.74, 6) is -1.74. The Hall–Kier alpha value is -1.42. The lowest BCUT2D eigenvalue weighted by atomic mass is 10.1. The van der Waals surface area contributed by atoms with Gasteiger partial charge in [-0.3, -0.25) is 0 Å². The van der Waals surface area contributed by atoms with Gasteiger partial charge in [0.1, 0.15) is 0 Å². The molecule has 0 radical (unpaired) electrons. The van der Waals surface area contributed by atoms with E-state index in [0.29, 0.717) is 0 Å². The third kappa shape index (κ3) is 3.77. The number of carbonyl (C=O) groups excluding carboxylic acids is 1. The molecule has 0 bridgehead atoms. The van der Waals surface area contributed by atoms with E-state index in [0.717, 1.165) is 5.56 Å². The van der Waals surface area contributed by atoms with Crippen molar-refractivity contribution in [1.29, 1.82) is 0 Å². The highest BCUT2D eigenvalue weighted by atomic mass is 32.1. The summed E-state index contributed by atoms with van der Waals surface area (Å²) in [5.41, 5.74) is 2.57. The Morgan fingerprint density at radius 1 is 1.32 bits per heavy atom. The fourth-order valence-electron chi connectivity index (χ4n) is 1.69. The summed E-state index contributed by atoms with van der Waals surface area (Å²) in [7, 11) is 0. The number of halogens is 1. The van der Waals surface area contributed by atoms with E-state index in [-0.39, 0.29) is 12.2 Å². The SMILES string of the molecule is CCOC(=O)/C(F)=C(C)\C=C\c1c(C)sc(C)c1C. The molecule has 0 amide bonds. The number of thiophene rings is 1. The van der Waals surface area contributed by atoms with E-state index < -0.39 is 11.8 Å². The van der Waals surface area contributed by atoms with Crippen LogP contribution in [0, 0.1) is 20.8 Å². The number of rotatable bonds is 4. The largest absolute Gasteiger partial charge is 0.461 e. The van der Waals surface area contributed by atoms with Gasteiger partial charge < -0.3 is 4.74 Å². The van der Waals surface area contributed by atoms with Crippen LogP contribution in [0.4, 0.5) is 4.39 Å². The van der Waals surface area contributed by atoms with Crippen LogP contribution in [-0.4, -0.2) is 12.6 Å². The first-order valence-corrected chi connectivity index (χ1v) is 6.98. The molecular weight excluding hydrogens is 263 g/mol. The third-order valence-corrected chi connectivity index (χ3v) is 4.06. The molecule has 0 aliphatic rings. The maximum Gasteiger partial charge on any atom is 0.367 e. The molecule has 0 atom stereocenters. The van der Waals surface area contributed by atoms with Crippen molar-refractivity contribution < 1.29 is 13.9 Å². The first kappa shape index (κ1) is 15.6. The summed E-state index contributed by atoms with van der Waals surface area (Å²) in [6.45, 7) is 9.52. The molecule has 0 saturated carbocycles. The van der Waals surface area contributed by atoms with Gasteiger partial charge in [0.05, 0.1) is 6.61 Å². The molecule has 4 heteroatoms. The van der Waals surface area contributed by atoms with Crippen LogP contribution in [0.1, 0.15) is 34.7 Å². The number of ether oxygens (including phenoxy) is 1. The predicted octanol–water partition coefficient (Wildman–Crippen LogP) is 4.49. The summed E-state index contributed by atoms with van der Waals surface area (Å²) in [6, 6.07) is 0. The van der Waals surface area contributed by atoms with E-state index in [4.69, 9.17) is 0 Å². The van der Waals surface area contributed by atoms with Gasteiger partial charge in [0.15, 0.2) is 0 Å². The molecule has 0 N–H and O–H groups in total. The van der Waals surface area contributed by atoms with Gasteiger partial charge in [0, 0.05) is 9.75 Å². The van der Waals surface area contributed by atoms with Gasteiger partial charge >= 0.3 is 5.97 Å². The number of allylic oxidation sites excluding steroid dienone is 2. The van der Waals surface area contributed by atoms with Crippen molar-refractivity contribution in [2.75, 3.05) is 6.61 Å². The van der Waals surface area contributed by atoms with E-state index in [1.54, 1.807) is 31.3 Å². The van der Waals surface area contributed by atoms with Crippen molar-refractivity contribution in [3.63, 3.8) is 0 Å². The average molecular weight is 282 g/mol. The van der Waals surface area contributed by atoms with Crippen LogP contribution in [0.2, 0.25) is 0 Å². The molecule has 1 aromatic rings. The molecule has 1 rings (SSSR count). The second-order valence-corrected chi connectivity index (χ2v) is 5.73. The van der Waals surface area contributed by atoms with Gasteiger partial charge in [-0.1, -0.05) is 12.2 Å². The number of aryl methyl sites for hydroxylation is 2. The zero-order valence-electron chi connectivity index (χ0n) is 12.0. The Bertz CT molecular complexity index is 539. The van der Waals surface area contributed by atoms with Crippen molar-refractivity contribution >= 4 is 23.4 Å². The second kappa shape index (κ2) is 6.66.